The lowest BCUT2D eigenvalue weighted by Crippen LogP contribution is -2.36. The highest BCUT2D eigenvalue weighted by atomic mass is 32.2. The van der Waals surface area contributed by atoms with Crippen molar-refractivity contribution in [2.75, 3.05) is 11.4 Å². The topological polar surface area (TPSA) is 103 Å². The van der Waals surface area contributed by atoms with Gasteiger partial charge in [0, 0.05) is 12.7 Å². The van der Waals surface area contributed by atoms with Gasteiger partial charge in [0.1, 0.15) is 0 Å². The minimum absolute atomic E-state index is 0.00547. The highest BCUT2D eigenvalue weighted by molar-refractivity contribution is 7.92. The fourth-order valence-electron chi connectivity index (χ4n) is 2.22. The van der Waals surface area contributed by atoms with Crippen molar-refractivity contribution in [3.63, 3.8) is 0 Å². The number of aromatic amines is 2. The van der Waals surface area contributed by atoms with E-state index in [9.17, 15) is 18.0 Å². The summed E-state index contributed by atoms with van der Waals surface area (Å²) in [6.45, 7) is 5.01. The van der Waals surface area contributed by atoms with Gasteiger partial charge in [0.25, 0.3) is 15.6 Å². The van der Waals surface area contributed by atoms with E-state index in [2.05, 4.69) is 4.98 Å². The smallest absolute Gasteiger partial charge is 0.310 e. The van der Waals surface area contributed by atoms with Gasteiger partial charge in [-0.25, -0.2) is 13.2 Å². The Morgan fingerprint density at radius 3 is 2.27 bits per heavy atom. The summed E-state index contributed by atoms with van der Waals surface area (Å²) in [5.74, 6) is 0. The van der Waals surface area contributed by atoms with Crippen LogP contribution in [-0.2, 0) is 10.0 Å². The van der Waals surface area contributed by atoms with Crippen molar-refractivity contribution in [2.45, 2.75) is 25.7 Å². The maximum Gasteiger partial charge on any atom is 0.325 e. The molecule has 2 aromatic rings. The summed E-state index contributed by atoms with van der Waals surface area (Å²) >= 11 is 0. The predicted molar refractivity (Wildman–Crippen MR) is 83.9 cm³/mol. The van der Waals surface area contributed by atoms with Crippen LogP contribution in [0.1, 0.15) is 16.8 Å². The Morgan fingerprint density at radius 1 is 1.05 bits per heavy atom. The molecule has 1 aromatic heterocycles. The van der Waals surface area contributed by atoms with Crippen molar-refractivity contribution >= 4 is 15.7 Å². The van der Waals surface area contributed by atoms with Crippen LogP contribution in [0.2, 0.25) is 0 Å². The maximum atomic E-state index is 12.7. The molecule has 0 spiro atoms. The average Bonchev–Trinajstić information content (AvgIpc) is 2.39. The Hall–Kier alpha value is -2.35. The second-order valence-corrected chi connectivity index (χ2v) is 7.03. The lowest BCUT2D eigenvalue weighted by Gasteiger charge is -2.22. The molecule has 0 unspecified atom stereocenters. The molecule has 8 heteroatoms. The zero-order valence-corrected chi connectivity index (χ0v) is 13.5. The highest BCUT2D eigenvalue weighted by Gasteiger charge is 2.28. The number of H-pyrrole nitrogens is 2. The normalized spacial score (nSPS) is 11.5. The van der Waals surface area contributed by atoms with E-state index in [0.29, 0.717) is 5.69 Å². The van der Waals surface area contributed by atoms with E-state index in [1.165, 1.54) is 14.0 Å². The Labute approximate surface area is 127 Å². The van der Waals surface area contributed by atoms with Crippen LogP contribution in [-0.4, -0.2) is 25.4 Å². The van der Waals surface area contributed by atoms with Gasteiger partial charge in [-0.2, -0.15) is 0 Å². The van der Waals surface area contributed by atoms with E-state index in [0.717, 1.165) is 15.4 Å². The average molecular weight is 323 g/mol. The fraction of sp³-hybridized carbons (Fsp3) is 0.286. The van der Waals surface area contributed by atoms with Crippen molar-refractivity contribution < 1.29 is 8.42 Å². The van der Waals surface area contributed by atoms with Crippen LogP contribution in [0.25, 0.3) is 0 Å². The minimum atomic E-state index is -4.09. The molecule has 0 amide bonds. The Morgan fingerprint density at radius 2 is 1.68 bits per heavy atom. The molecule has 1 heterocycles. The molecule has 0 bridgehead atoms. The number of rotatable bonds is 3. The zero-order chi connectivity index (χ0) is 16.7. The second kappa shape index (κ2) is 5.45. The minimum Gasteiger partial charge on any atom is -0.310 e. The number of hydrogen-bond donors (Lipinski definition) is 2. The predicted octanol–water partition coefficient (Wildman–Crippen LogP) is 0.814. The van der Waals surface area contributed by atoms with Crippen molar-refractivity contribution in [3.05, 3.63) is 55.9 Å². The molecule has 0 aliphatic carbocycles. The van der Waals surface area contributed by atoms with E-state index in [1.807, 2.05) is 18.0 Å². The second-order valence-electron chi connectivity index (χ2n) is 5.12. The van der Waals surface area contributed by atoms with Crippen molar-refractivity contribution in [1.29, 1.82) is 0 Å². The molecule has 0 saturated heterocycles. The molecule has 2 rings (SSSR count). The third-order valence-electron chi connectivity index (χ3n) is 3.40. The van der Waals surface area contributed by atoms with Crippen molar-refractivity contribution in [3.8, 4) is 0 Å². The monoisotopic (exact) mass is 323 g/mol. The van der Waals surface area contributed by atoms with E-state index in [1.54, 1.807) is 19.1 Å². The number of anilines is 1. The Balaban J connectivity index is 2.68. The van der Waals surface area contributed by atoms with Crippen LogP contribution in [0.4, 0.5) is 5.69 Å². The highest BCUT2D eigenvalue weighted by Crippen LogP contribution is 2.25. The SMILES string of the molecule is Cc1ccc(C)c(N(C)S(=O)(=O)c2c(C)[nH]c(=O)[nH]c2=O)c1. The summed E-state index contributed by atoms with van der Waals surface area (Å²) in [7, 11) is -2.71. The van der Waals surface area contributed by atoms with Crippen LogP contribution in [0.5, 0.6) is 0 Å². The number of hydrogen-bond acceptors (Lipinski definition) is 4. The van der Waals surface area contributed by atoms with Gasteiger partial charge in [-0.05, 0) is 38.0 Å². The molecule has 0 aliphatic rings. The first-order chi connectivity index (χ1) is 10.1. The number of benzene rings is 1. The lowest BCUT2D eigenvalue weighted by atomic mass is 10.1. The molecular weight excluding hydrogens is 306 g/mol. The summed E-state index contributed by atoms with van der Waals surface area (Å²) in [6, 6.07) is 5.40. The molecule has 2 N–H and O–H groups in total. The van der Waals surface area contributed by atoms with Gasteiger partial charge in [0.2, 0.25) is 0 Å². The number of nitrogens with zero attached hydrogens (tertiary/aromatic N) is 1. The summed E-state index contributed by atoms with van der Waals surface area (Å²) in [5.41, 5.74) is 0.468. The van der Waals surface area contributed by atoms with Crippen molar-refractivity contribution in [1.82, 2.24) is 9.97 Å². The van der Waals surface area contributed by atoms with Crippen LogP contribution >= 0.6 is 0 Å². The molecule has 118 valence electrons. The molecule has 0 saturated carbocycles. The number of nitrogens with one attached hydrogen (secondary N) is 2. The first-order valence-corrected chi connectivity index (χ1v) is 7.98. The molecule has 0 aliphatic heterocycles. The number of aryl methyl sites for hydroxylation is 3. The molecule has 0 atom stereocenters. The van der Waals surface area contributed by atoms with Gasteiger partial charge >= 0.3 is 5.69 Å². The Kier molecular flexibility index (Phi) is 3.97. The molecule has 1 aromatic carbocycles. The van der Waals surface area contributed by atoms with Gasteiger partial charge in [-0.3, -0.25) is 14.1 Å². The van der Waals surface area contributed by atoms with E-state index >= 15 is 0 Å². The third-order valence-corrected chi connectivity index (χ3v) is 5.32. The fourth-order valence-corrected chi connectivity index (χ4v) is 3.68. The van der Waals surface area contributed by atoms with E-state index in [-0.39, 0.29) is 5.69 Å². The first kappa shape index (κ1) is 16.0. The largest absolute Gasteiger partial charge is 0.325 e. The quantitative estimate of drug-likeness (QED) is 0.872. The molecule has 22 heavy (non-hydrogen) atoms. The zero-order valence-electron chi connectivity index (χ0n) is 12.7. The first-order valence-electron chi connectivity index (χ1n) is 6.54. The van der Waals surface area contributed by atoms with Crippen molar-refractivity contribution in [2.24, 2.45) is 0 Å². The van der Waals surface area contributed by atoms with E-state index in [4.69, 9.17) is 0 Å². The summed E-state index contributed by atoms with van der Waals surface area (Å²) < 4.78 is 26.5. The van der Waals surface area contributed by atoms with Crippen LogP contribution < -0.4 is 15.6 Å². The number of sulfonamides is 1. The summed E-state index contributed by atoms with van der Waals surface area (Å²) in [5, 5.41) is 0. The summed E-state index contributed by atoms with van der Waals surface area (Å²) in [4.78, 5) is 26.9. The summed E-state index contributed by atoms with van der Waals surface area (Å²) in [6.07, 6.45) is 0. The maximum absolute atomic E-state index is 12.7. The lowest BCUT2D eigenvalue weighted by molar-refractivity contribution is 0.591. The molecule has 0 radical (unpaired) electrons. The number of aromatic nitrogens is 2. The van der Waals surface area contributed by atoms with Gasteiger partial charge in [-0.1, -0.05) is 12.1 Å². The van der Waals surface area contributed by atoms with Gasteiger partial charge in [-0.15, -0.1) is 0 Å². The Bertz CT molecular complexity index is 941. The van der Waals surface area contributed by atoms with E-state index < -0.39 is 26.2 Å². The molecular formula is C14H17N3O4S. The van der Waals surface area contributed by atoms with Gasteiger partial charge in [0.15, 0.2) is 4.90 Å². The molecule has 7 nitrogen and oxygen atoms in total. The standard InChI is InChI=1S/C14H17N3O4S/c1-8-5-6-9(2)11(7-8)17(4)22(20,21)12-10(3)15-14(19)16-13(12)18/h5-7H,1-4H3,(H2,15,16,18,19). The van der Waals surface area contributed by atoms with Gasteiger partial charge < -0.3 is 4.98 Å². The molecule has 0 fully saturated rings. The van der Waals surface area contributed by atoms with Crippen LogP contribution in [0.15, 0.2) is 32.7 Å². The van der Waals surface area contributed by atoms with Crippen LogP contribution in [0, 0.1) is 20.8 Å². The van der Waals surface area contributed by atoms with Gasteiger partial charge in [0.05, 0.1) is 5.69 Å². The third kappa shape index (κ3) is 2.69. The van der Waals surface area contributed by atoms with Crippen LogP contribution in [0.3, 0.4) is 0 Å².